The molecule has 0 radical (unpaired) electrons. The number of nitrogens with two attached hydrogens (primary N) is 1. The second kappa shape index (κ2) is 5.31. The Labute approximate surface area is 136 Å². The Bertz CT molecular complexity index is 899. The van der Waals surface area contributed by atoms with Crippen molar-refractivity contribution >= 4 is 33.5 Å². The van der Waals surface area contributed by atoms with Gasteiger partial charge in [0.2, 0.25) is 0 Å². The van der Waals surface area contributed by atoms with E-state index in [2.05, 4.69) is 20.3 Å². The Balaban J connectivity index is 1.51. The number of amides is 1. The van der Waals surface area contributed by atoms with Crippen LogP contribution in [0.15, 0.2) is 18.6 Å². The van der Waals surface area contributed by atoms with E-state index in [1.165, 1.54) is 16.2 Å². The number of aryl methyl sites for hydroxylation is 2. The summed E-state index contributed by atoms with van der Waals surface area (Å²) >= 11 is 1.51. The van der Waals surface area contributed by atoms with Crippen molar-refractivity contribution in [3.8, 4) is 0 Å². The highest BCUT2D eigenvalue weighted by Crippen LogP contribution is 2.28. The average Bonchev–Trinajstić information content (AvgIpc) is 3.08. The number of nitrogen functional groups attached to an aromatic ring is 1. The van der Waals surface area contributed by atoms with Gasteiger partial charge in [0, 0.05) is 30.6 Å². The standard InChI is InChI=1S/C15H16N6OS/c1-21-7-18-11-4-8(6-17-13(11)21)14(22)19-9-2-3-10-12(5-9)23-15(16)20-10/h4,6-7,9H,2-3,5H2,1H3,(H2,16,20)(H,19,22)/t9-/m0/s1. The molecule has 0 bridgehead atoms. The normalized spacial score (nSPS) is 17.2. The van der Waals surface area contributed by atoms with E-state index in [9.17, 15) is 4.79 Å². The summed E-state index contributed by atoms with van der Waals surface area (Å²) in [5, 5.41) is 3.68. The molecule has 23 heavy (non-hydrogen) atoms. The molecule has 0 aromatic carbocycles. The summed E-state index contributed by atoms with van der Waals surface area (Å²) in [6, 6.07) is 1.88. The lowest BCUT2D eigenvalue weighted by atomic mass is 9.97. The van der Waals surface area contributed by atoms with E-state index in [0.717, 1.165) is 36.1 Å². The van der Waals surface area contributed by atoms with Gasteiger partial charge in [-0.05, 0) is 18.9 Å². The monoisotopic (exact) mass is 328 g/mol. The van der Waals surface area contributed by atoms with E-state index in [0.29, 0.717) is 10.7 Å². The third-order valence-corrected chi connectivity index (χ3v) is 5.05. The Morgan fingerprint density at radius 2 is 2.35 bits per heavy atom. The SMILES string of the molecule is Cn1cnc2cc(C(=O)N[C@H]3CCc4nc(N)sc4C3)cnc21. The lowest BCUT2D eigenvalue weighted by Gasteiger charge is -2.22. The topological polar surface area (TPSA) is 98.7 Å². The van der Waals surface area contributed by atoms with Crippen LogP contribution in [-0.2, 0) is 19.9 Å². The van der Waals surface area contributed by atoms with Crippen LogP contribution in [0, 0.1) is 0 Å². The van der Waals surface area contributed by atoms with Crippen LogP contribution in [-0.4, -0.2) is 31.5 Å². The Kier molecular flexibility index (Phi) is 3.26. The molecule has 3 heterocycles. The number of thiazole rings is 1. The predicted octanol–water partition coefficient (Wildman–Crippen LogP) is 1.29. The van der Waals surface area contributed by atoms with Crippen LogP contribution in [0.4, 0.5) is 5.13 Å². The second-order valence-corrected chi connectivity index (χ2v) is 6.87. The Hall–Kier alpha value is -2.48. The number of anilines is 1. The van der Waals surface area contributed by atoms with Crippen LogP contribution in [0.25, 0.3) is 11.2 Å². The molecule has 1 amide bonds. The molecule has 0 saturated heterocycles. The molecule has 4 rings (SSSR count). The molecule has 1 aliphatic carbocycles. The highest BCUT2D eigenvalue weighted by molar-refractivity contribution is 7.15. The van der Waals surface area contributed by atoms with Crippen molar-refractivity contribution in [3.05, 3.63) is 34.7 Å². The predicted molar refractivity (Wildman–Crippen MR) is 88.3 cm³/mol. The lowest BCUT2D eigenvalue weighted by Crippen LogP contribution is -2.38. The lowest BCUT2D eigenvalue weighted by molar-refractivity contribution is 0.0933. The van der Waals surface area contributed by atoms with Gasteiger partial charge in [0.1, 0.15) is 5.52 Å². The second-order valence-electron chi connectivity index (χ2n) is 5.76. The van der Waals surface area contributed by atoms with Crippen LogP contribution in [0.3, 0.4) is 0 Å². The number of rotatable bonds is 2. The summed E-state index contributed by atoms with van der Waals surface area (Å²) in [5.74, 6) is -0.115. The fourth-order valence-corrected chi connectivity index (χ4v) is 3.89. The molecule has 0 unspecified atom stereocenters. The largest absolute Gasteiger partial charge is 0.375 e. The van der Waals surface area contributed by atoms with Gasteiger partial charge in [-0.3, -0.25) is 4.79 Å². The van der Waals surface area contributed by atoms with E-state index in [1.807, 2.05) is 11.6 Å². The summed E-state index contributed by atoms with van der Waals surface area (Å²) in [5.41, 5.74) is 8.86. The molecule has 0 aliphatic heterocycles. The van der Waals surface area contributed by atoms with Crippen molar-refractivity contribution in [1.82, 2.24) is 24.8 Å². The average molecular weight is 328 g/mol. The molecular formula is C15H16N6OS. The van der Waals surface area contributed by atoms with Crippen molar-refractivity contribution in [1.29, 1.82) is 0 Å². The fourth-order valence-electron chi connectivity index (χ4n) is 2.93. The van der Waals surface area contributed by atoms with Crippen molar-refractivity contribution in [2.24, 2.45) is 7.05 Å². The maximum Gasteiger partial charge on any atom is 0.253 e. The number of imidazole rings is 1. The highest BCUT2D eigenvalue weighted by Gasteiger charge is 2.24. The van der Waals surface area contributed by atoms with Crippen LogP contribution in [0.2, 0.25) is 0 Å². The number of aromatic nitrogens is 4. The number of nitrogens with zero attached hydrogens (tertiary/aromatic N) is 4. The smallest absolute Gasteiger partial charge is 0.253 e. The molecule has 3 aromatic rings. The highest BCUT2D eigenvalue weighted by atomic mass is 32.1. The number of carbonyl (C=O) groups excluding carboxylic acids is 1. The molecule has 0 fully saturated rings. The van der Waals surface area contributed by atoms with Crippen molar-refractivity contribution in [2.45, 2.75) is 25.3 Å². The van der Waals surface area contributed by atoms with Gasteiger partial charge in [-0.2, -0.15) is 0 Å². The molecule has 0 saturated carbocycles. The molecule has 7 nitrogen and oxygen atoms in total. The number of pyridine rings is 1. The minimum absolute atomic E-state index is 0.106. The molecule has 3 N–H and O–H groups in total. The minimum atomic E-state index is -0.115. The zero-order valence-corrected chi connectivity index (χ0v) is 13.4. The zero-order chi connectivity index (χ0) is 16.0. The van der Waals surface area contributed by atoms with Gasteiger partial charge in [-0.15, -0.1) is 11.3 Å². The summed E-state index contributed by atoms with van der Waals surface area (Å²) in [4.78, 5) is 26.5. The maximum atomic E-state index is 12.5. The number of carbonyl (C=O) groups is 1. The quantitative estimate of drug-likeness (QED) is 0.738. The first-order valence-electron chi connectivity index (χ1n) is 7.42. The minimum Gasteiger partial charge on any atom is -0.375 e. The summed E-state index contributed by atoms with van der Waals surface area (Å²) < 4.78 is 1.83. The van der Waals surface area contributed by atoms with Gasteiger partial charge in [-0.1, -0.05) is 0 Å². The summed E-state index contributed by atoms with van der Waals surface area (Å²) in [7, 11) is 1.88. The van der Waals surface area contributed by atoms with Gasteiger partial charge in [0.15, 0.2) is 10.8 Å². The third-order valence-electron chi connectivity index (χ3n) is 4.10. The fraction of sp³-hybridized carbons (Fsp3) is 0.333. The molecular weight excluding hydrogens is 312 g/mol. The van der Waals surface area contributed by atoms with E-state index >= 15 is 0 Å². The maximum absolute atomic E-state index is 12.5. The first-order chi connectivity index (χ1) is 11.1. The van der Waals surface area contributed by atoms with Crippen molar-refractivity contribution in [2.75, 3.05) is 5.73 Å². The van der Waals surface area contributed by atoms with Crippen LogP contribution in [0.1, 0.15) is 27.3 Å². The van der Waals surface area contributed by atoms with Crippen molar-refractivity contribution < 1.29 is 4.79 Å². The zero-order valence-electron chi connectivity index (χ0n) is 12.6. The number of hydrogen-bond donors (Lipinski definition) is 2. The number of hydrogen-bond acceptors (Lipinski definition) is 6. The van der Waals surface area contributed by atoms with E-state index < -0.39 is 0 Å². The van der Waals surface area contributed by atoms with Crippen LogP contribution in [0.5, 0.6) is 0 Å². The third kappa shape index (κ3) is 2.55. The van der Waals surface area contributed by atoms with Gasteiger partial charge in [-0.25, -0.2) is 15.0 Å². The van der Waals surface area contributed by atoms with Gasteiger partial charge in [0.05, 0.1) is 17.6 Å². The summed E-state index contributed by atoms with van der Waals surface area (Å²) in [6.45, 7) is 0. The van der Waals surface area contributed by atoms with Gasteiger partial charge in [0.25, 0.3) is 5.91 Å². The first-order valence-corrected chi connectivity index (χ1v) is 8.24. The first kappa shape index (κ1) is 14.1. The molecule has 118 valence electrons. The van der Waals surface area contributed by atoms with Crippen LogP contribution >= 0.6 is 11.3 Å². The Morgan fingerprint density at radius 1 is 1.48 bits per heavy atom. The van der Waals surface area contributed by atoms with Crippen molar-refractivity contribution in [3.63, 3.8) is 0 Å². The molecule has 0 spiro atoms. The molecule has 1 aliphatic rings. The van der Waals surface area contributed by atoms with Crippen LogP contribution < -0.4 is 11.1 Å². The number of fused-ring (bicyclic) bond motifs is 2. The Morgan fingerprint density at radius 3 is 3.22 bits per heavy atom. The molecule has 8 heteroatoms. The van der Waals surface area contributed by atoms with E-state index in [1.54, 1.807) is 18.6 Å². The van der Waals surface area contributed by atoms with Gasteiger partial charge < -0.3 is 15.6 Å². The van der Waals surface area contributed by atoms with Gasteiger partial charge >= 0.3 is 0 Å². The summed E-state index contributed by atoms with van der Waals surface area (Å²) in [6.07, 6.45) is 5.80. The number of nitrogens with one attached hydrogen (secondary N) is 1. The molecule has 1 atom stereocenters. The van der Waals surface area contributed by atoms with E-state index in [4.69, 9.17) is 5.73 Å². The molecule has 3 aromatic heterocycles. The van der Waals surface area contributed by atoms with E-state index in [-0.39, 0.29) is 11.9 Å².